The highest BCUT2D eigenvalue weighted by Crippen LogP contribution is 2.18. The minimum atomic E-state index is -3.66. The fraction of sp³-hybridized carbons (Fsp3) is 0.368. The van der Waals surface area contributed by atoms with Gasteiger partial charge in [0.1, 0.15) is 5.75 Å². The molecule has 0 bridgehead atoms. The number of nitrogens with one attached hydrogen (secondary N) is 1. The molecule has 1 aromatic carbocycles. The van der Waals surface area contributed by atoms with E-state index in [1.165, 1.54) is 12.1 Å². The zero-order valence-electron chi connectivity index (χ0n) is 15.6. The van der Waals surface area contributed by atoms with Gasteiger partial charge in [0.25, 0.3) is 5.91 Å². The first-order chi connectivity index (χ1) is 13.5. The van der Waals surface area contributed by atoms with Crippen LogP contribution in [0.25, 0.3) is 0 Å². The Bertz CT molecular complexity index is 882. The molecule has 1 amide bonds. The third-order valence-electron chi connectivity index (χ3n) is 4.31. The van der Waals surface area contributed by atoms with E-state index in [1.54, 1.807) is 48.5 Å². The summed E-state index contributed by atoms with van der Waals surface area (Å²) in [6.45, 7) is 3.98. The van der Waals surface area contributed by atoms with E-state index in [0.29, 0.717) is 32.1 Å². The molecule has 28 heavy (non-hydrogen) atoms. The summed E-state index contributed by atoms with van der Waals surface area (Å²) in [5, 5.41) is 0. The van der Waals surface area contributed by atoms with Crippen LogP contribution < -0.4 is 9.46 Å². The lowest BCUT2D eigenvalue weighted by molar-refractivity contribution is -0.142. The summed E-state index contributed by atoms with van der Waals surface area (Å²) in [7, 11) is -3.66. The maximum atomic E-state index is 12.4. The van der Waals surface area contributed by atoms with Crippen LogP contribution >= 0.6 is 0 Å². The number of morpholine rings is 1. The summed E-state index contributed by atoms with van der Waals surface area (Å²) in [4.78, 5) is 18.2. The molecule has 1 fully saturated rings. The van der Waals surface area contributed by atoms with E-state index >= 15 is 0 Å². The zero-order chi connectivity index (χ0) is 20.0. The Balaban J connectivity index is 1.58. The number of rotatable bonds is 7. The highest BCUT2D eigenvalue weighted by Gasteiger charge is 2.24. The Hall–Kier alpha value is -2.49. The minimum absolute atomic E-state index is 0.113. The summed E-state index contributed by atoms with van der Waals surface area (Å²) in [6, 6.07) is 9.53. The SMILES string of the molecule is C[C@H](Oc1ccc(S(=O)(=O)NCc2cccnc2)cc1)C(=O)N1CCOCC1. The van der Waals surface area contributed by atoms with Crippen molar-refractivity contribution in [3.05, 3.63) is 54.4 Å². The Morgan fingerprint density at radius 1 is 1.25 bits per heavy atom. The summed E-state index contributed by atoms with van der Waals surface area (Å²) in [6.07, 6.45) is 2.57. The number of carbonyl (C=O) groups is 1. The van der Waals surface area contributed by atoms with Gasteiger partial charge >= 0.3 is 0 Å². The van der Waals surface area contributed by atoms with Gasteiger partial charge in [0.2, 0.25) is 10.0 Å². The Kier molecular flexibility index (Phi) is 6.61. The van der Waals surface area contributed by atoms with Gasteiger partial charge in [-0.1, -0.05) is 6.07 Å². The van der Waals surface area contributed by atoms with Crippen molar-refractivity contribution < 1.29 is 22.7 Å². The maximum absolute atomic E-state index is 12.4. The molecule has 1 atom stereocenters. The van der Waals surface area contributed by atoms with Gasteiger partial charge < -0.3 is 14.4 Å². The number of benzene rings is 1. The van der Waals surface area contributed by atoms with Crippen LogP contribution in [0.5, 0.6) is 5.75 Å². The molecular formula is C19H23N3O5S. The number of carbonyl (C=O) groups excluding carboxylic acids is 1. The molecule has 0 spiro atoms. The van der Waals surface area contributed by atoms with Crippen LogP contribution in [0.15, 0.2) is 53.7 Å². The van der Waals surface area contributed by atoms with Gasteiger partial charge in [0, 0.05) is 32.0 Å². The number of pyridine rings is 1. The molecule has 0 radical (unpaired) electrons. The highest BCUT2D eigenvalue weighted by molar-refractivity contribution is 7.89. The van der Waals surface area contributed by atoms with Crippen molar-refractivity contribution in [3.63, 3.8) is 0 Å². The van der Waals surface area contributed by atoms with Crippen molar-refractivity contribution in [3.8, 4) is 5.75 Å². The van der Waals surface area contributed by atoms with E-state index in [2.05, 4.69) is 9.71 Å². The van der Waals surface area contributed by atoms with Gasteiger partial charge in [-0.2, -0.15) is 0 Å². The van der Waals surface area contributed by atoms with Crippen LogP contribution in [0.4, 0.5) is 0 Å². The average molecular weight is 405 g/mol. The molecule has 150 valence electrons. The fourth-order valence-electron chi connectivity index (χ4n) is 2.76. The molecule has 2 heterocycles. The van der Waals surface area contributed by atoms with Gasteiger partial charge in [0.05, 0.1) is 18.1 Å². The molecule has 0 saturated carbocycles. The lowest BCUT2D eigenvalue weighted by atomic mass is 10.3. The highest BCUT2D eigenvalue weighted by atomic mass is 32.2. The molecule has 1 saturated heterocycles. The van der Waals surface area contributed by atoms with E-state index in [9.17, 15) is 13.2 Å². The molecule has 0 aliphatic carbocycles. The van der Waals surface area contributed by atoms with E-state index in [4.69, 9.17) is 9.47 Å². The van der Waals surface area contributed by atoms with Crippen molar-refractivity contribution in [1.29, 1.82) is 0 Å². The van der Waals surface area contributed by atoms with Gasteiger partial charge in [-0.15, -0.1) is 0 Å². The Morgan fingerprint density at radius 3 is 2.61 bits per heavy atom. The number of aromatic nitrogens is 1. The lowest BCUT2D eigenvalue weighted by Gasteiger charge is -2.29. The monoisotopic (exact) mass is 405 g/mol. The summed E-state index contributed by atoms with van der Waals surface area (Å²) < 4.78 is 38.3. The van der Waals surface area contributed by atoms with E-state index in [1.807, 2.05) is 0 Å². The molecular weight excluding hydrogens is 382 g/mol. The molecule has 2 aromatic rings. The van der Waals surface area contributed by atoms with Crippen molar-refractivity contribution in [2.45, 2.75) is 24.5 Å². The predicted octanol–water partition coefficient (Wildman–Crippen LogP) is 1.19. The molecule has 1 aliphatic rings. The molecule has 0 unspecified atom stereocenters. The second-order valence-corrected chi connectivity index (χ2v) is 8.12. The number of hydrogen-bond donors (Lipinski definition) is 1. The number of hydrogen-bond acceptors (Lipinski definition) is 6. The van der Waals surface area contributed by atoms with Crippen LogP contribution in [-0.2, 0) is 26.1 Å². The van der Waals surface area contributed by atoms with Gasteiger partial charge in [-0.25, -0.2) is 13.1 Å². The third-order valence-corrected chi connectivity index (χ3v) is 5.72. The quantitative estimate of drug-likeness (QED) is 0.743. The number of amides is 1. The van der Waals surface area contributed by atoms with E-state index < -0.39 is 16.1 Å². The van der Waals surface area contributed by atoms with Gasteiger partial charge in [0.15, 0.2) is 6.10 Å². The summed E-state index contributed by atoms with van der Waals surface area (Å²) in [5.41, 5.74) is 0.765. The van der Waals surface area contributed by atoms with E-state index in [-0.39, 0.29) is 17.3 Å². The molecule has 1 aliphatic heterocycles. The summed E-state index contributed by atoms with van der Waals surface area (Å²) in [5.74, 6) is 0.318. The maximum Gasteiger partial charge on any atom is 0.263 e. The first kappa shape index (κ1) is 20.2. The Labute approximate surface area is 164 Å². The zero-order valence-corrected chi connectivity index (χ0v) is 16.4. The first-order valence-electron chi connectivity index (χ1n) is 8.97. The minimum Gasteiger partial charge on any atom is -0.481 e. The van der Waals surface area contributed by atoms with Crippen molar-refractivity contribution in [1.82, 2.24) is 14.6 Å². The number of ether oxygens (including phenoxy) is 2. The first-order valence-corrected chi connectivity index (χ1v) is 10.5. The van der Waals surface area contributed by atoms with Crippen LogP contribution in [0.3, 0.4) is 0 Å². The normalized spacial score (nSPS) is 15.8. The van der Waals surface area contributed by atoms with Crippen LogP contribution in [0.2, 0.25) is 0 Å². The average Bonchev–Trinajstić information content (AvgIpc) is 2.73. The van der Waals surface area contributed by atoms with Crippen molar-refractivity contribution in [2.75, 3.05) is 26.3 Å². The molecule has 3 rings (SSSR count). The molecule has 8 nitrogen and oxygen atoms in total. The van der Waals surface area contributed by atoms with Gasteiger partial charge in [-0.05, 0) is 42.8 Å². The molecule has 1 aromatic heterocycles. The fourth-order valence-corrected chi connectivity index (χ4v) is 3.77. The standard InChI is InChI=1S/C19H23N3O5S/c1-15(19(23)22-9-11-26-12-10-22)27-17-4-6-18(7-5-17)28(24,25)21-14-16-3-2-8-20-13-16/h2-8,13,15,21H,9-12,14H2,1H3/t15-/m0/s1. The molecule has 9 heteroatoms. The van der Waals surface area contributed by atoms with Gasteiger partial charge in [-0.3, -0.25) is 9.78 Å². The summed E-state index contributed by atoms with van der Waals surface area (Å²) >= 11 is 0. The third kappa shape index (κ3) is 5.28. The van der Waals surface area contributed by atoms with Crippen molar-refractivity contribution in [2.24, 2.45) is 0 Å². The van der Waals surface area contributed by atoms with E-state index in [0.717, 1.165) is 5.56 Å². The second-order valence-electron chi connectivity index (χ2n) is 6.35. The smallest absolute Gasteiger partial charge is 0.263 e. The Morgan fingerprint density at radius 2 is 1.96 bits per heavy atom. The van der Waals surface area contributed by atoms with Crippen molar-refractivity contribution >= 4 is 15.9 Å². The topological polar surface area (TPSA) is 97.8 Å². The van der Waals surface area contributed by atoms with Crippen LogP contribution in [0.1, 0.15) is 12.5 Å². The largest absolute Gasteiger partial charge is 0.481 e. The van der Waals surface area contributed by atoms with Crippen LogP contribution in [-0.4, -0.2) is 56.6 Å². The predicted molar refractivity (Wildman–Crippen MR) is 102 cm³/mol. The lowest BCUT2D eigenvalue weighted by Crippen LogP contribution is -2.46. The molecule has 1 N–H and O–H groups in total. The number of sulfonamides is 1. The second kappa shape index (κ2) is 9.13. The number of nitrogens with zero attached hydrogens (tertiary/aromatic N) is 2. The van der Waals surface area contributed by atoms with Crippen LogP contribution in [0, 0.1) is 0 Å².